The van der Waals surface area contributed by atoms with Crippen molar-refractivity contribution in [3.63, 3.8) is 0 Å². The second-order valence-corrected chi connectivity index (χ2v) is 8.35. The van der Waals surface area contributed by atoms with E-state index in [9.17, 15) is 13.2 Å². The average molecular weight is 422 g/mol. The van der Waals surface area contributed by atoms with Crippen LogP contribution in [0.2, 0.25) is 5.02 Å². The molecule has 1 aromatic heterocycles. The first-order valence-electron chi connectivity index (χ1n) is 8.77. The summed E-state index contributed by atoms with van der Waals surface area (Å²) in [5, 5.41) is 1.15. The van der Waals surface area contributed by atoms with Crippen molar-refractivity contribution in [2.24, 2.45) is 0 Å². The Hall–Kier alpha value is -2.35. The lowest BCUT2D eigenvalue weighted by molar-refractivity contribution is 0.0491. The Labute approximate surface area is 168 Å². The Morgan fingerprint density at radius 3 is 2.68 bits per heavy atom. The molecule has 0 atom stereocenters. The molecule has 2 aromatic carbocycles. The van der Waals surface area contributed by atoms with E-state index in [1.165, 1.54) is 18.2 Å². The monoisotopic (exact) mass is 421 g/mol. The van der Waals surface area contributed by atoms with Crippen molar-refractivity contribution in [2.45, 2.75) is 25.2 Å². The summed E-state index contributed by atoms with van der Waals surface area (Å²) in [4.78, 5) is 12.1. The van der Waals surface area contributed by atoms with Crippen LogP contribution in [0, 0.1) is 6.92 Å². The normalized spacial score (nSPS) is 11.7. The van der Waals surface area contributed by atoms with Gasteiger partial charge in [-0.05, 0) is 50.1 Å². The summed E-state index contributed by atoms with van der Waals surface area (Å²) in [5.41, 5.74) is 1.84. The molecule has 0 saturated heterocycles. The largest absolute Gasteiger partial charge is 0.460 e. The van der Waals surface area contributed by atoms with Crippen LogP contribution in [-0.4, -0.2) is 27.5 Å². The number of esters is 1. The third kappa shape index (κ3) is 4.22. The van der Waals surface area contributed by atoms with Crippen LogP contribution in [0.5, 0.6) is 0 Å². The number of fused-ring (bicyclic) bond motifs is 1. The molecule has 0 aliphatic heterocycles. The van der Waals surface area contributed by atoms with Crippen LogP contribution in [0.3, 0.4) is 0 Å². The van der Waals surface area contributed by atoms with Crippen molar-refractivity contribution >= 4 is 38.6 Å². The van der Waals surface area contributed by atoms with Gasteiger partial charge in [0.15, 0.2) is 0 Å². The van der Waals surface area contributed by atoms with E-state index in [0.29, 0.717) is 28.0 Å². The molecule has 1 heterocycles. The predicted molar refractivity (Wildman–Crippen MR) is 107 cm³/mol. The molecule has 28 heavy (non-hydrogen) atoms. The Morgan fingerprint density at radius 1 is 1.21 bits per heavy atom. The van der Waals surface area contributed by atoms with Gasteiger partial charge in [-0.3, -0.25) is 0 Å². The summed E-state index contributed by atoms with van der Waals surface area (Å²) in [7, 11) is -3.72. The molecule has 1 N–H and O–H groups in total. The summed E-state index contributed by atoms with van der Waals surface area (Å²) in [6.45, 7) is 3.83. The van der Waals surface area contributed by atoms with Crippen molar-refractivity contribution < 1.29 is 22.4 Å². The summed E-state index contributed by atoms with van der Waals surface area (Å²) < 4.78 is 38.3. The summed E-state index contributed by atoms with van der Waals surface area (Å²) in [6.07, 6.45) is 0.471. The number of rotatable bonds is 7. The lowest BCUT2D eigenvalue weighted by atomic mass is 10.1. The first-order valence-corrected chi connectivity index (χ1v) is 10.6. The predicted octanol–water partition coefficient (Wildman–Crippen LogP) is 4.09. The van der Waals surface area contributed by atoms with Gasteiger partial charge in [0.2, 0.25) is 15.8 Å². The number of furan rings is 1. The Balaban J connectivity index is 1.80. The lowest BCUT2D eigenvalue weighted by Crippen LogP contribution is -2.26. The number of ether oxygens (including phenoxy) is 1. The molecule has 6 nitrogen and oxygen atoms in total. The summed E-state index contributed by atoms with van der Waals surface area (Å²) in [6, 6.07) is 11.8. The van der Waals surface area contributed by atoms with Crippen LogP contribution < -0.4 is 4.72 Å². The Kier molecular flexibility index (Phi) is 6.07. The summed E-state index contributed by atoms with van der Waals surface area (Å²) in [5.74, 6) is -0.489. The van der Waals surface area contributed by atoms with E-state index in [2.05, 4.69) is 4.72 Å². The van der Waals surface area contributed by atoms with Gasteiger partial charge in [-0.25, -0.2) is 17.9 Å². The second kappa shape index (κ2) is 8.34. The number of aryl methyl sites for hydroxylation is 1. The molecular weight excluding hydrogens is 402 g/mol. The van der Waals surface area contributed by atoms with Crippen LogP contribution in [0.1, 0.15) is 28.6 Å². The smallest absolute Gasteiger partial charge is 0.374 e. The first kappa shape index (κ1) is 20.4. The minimum atomic E-state index is -3.72. The third-order valence-corrected chi connectivity index (χ3v) is 6.15. The molecule has 8 heteroatoms. The third-order valence-electron chi connectivity index (χ3n) is 4.32. The topological polar surface area (TPSA) is 85.6 Å². The maximum atomic E-state index is 12.6. The van der Waals surface area contributed by atoms with E-state index in [-0.39, 0.29) is 23.8 Å². The van der Waals surface area contributed by atoms with E-state index in [0.717, 1.165) is 5.56 Å². The van der Waals surface area contributed by atoms with Crippen molar-refractivity contribution in [3.05, 3.63) is 64.4 Å². The van der Waals surface area contributed by atoms with Gasteiger partial charge in [0.25, 0.3) is 0 Å². The van der Waals surface area contributed by atoms with Crippen LogP contribution in [0.4, 0.5) is 0 Å². The SMILES string of the molecule is CCOC(=O)c1oc2ccc(S(=O)(=O)NCCc3ccccc3Cl)cc2c1C. The van der Waals surface area contributed by atoms with E-state index in [1.807, 2.05) is 18.2 Å². The number of nitrogens with one attached hydrogen (secondary N) is 1. The van der Waals surface area contributed by atoms with E-state index in [1.54, 1.807) is 19.9 Å². The average Bonchev–Trinajstić information content (AvgIpc) is 3.00. The number of sulfonamides is 1. The lowest BCUT2D eigenvalue weighted by Gasteiger charge is -2.08. The van der Waals surface area contributed by atoms with Crippen LogP contribution >= 0.6 is 11.6 Å². The minimum Gasteiger partial charge on any atom is -0.460 e. The van der Waals surface area contributed by atoms with Crippen molar-refractivity contribution in [1.29, 1.82) is 0 Å². The molecule has 3 aromatic rings. The molecule has 0 bridgehead atoms. The molecule has 0 amide bonds. The fraction of sp³-hybridized carbons (Fsp3) is 0.250. The van der Waals surface area contributed by atoms with Gasteiger partial charge in [-0.15, -0.1) is 0 Å². The molecular formula is C20H20ClNO5S. The number of hydrogen-bond donors (Lipinski definition) is 1. The van der Waals surface area contributed by atoms with E-state index < -0.39 is 16.0 Å². The molecule has 0 saturated carbocycles. The van der Waals surface area contributed by atoms with Crippen LogP contribution in [-0.2, 0) is 21.2 Å². The molecule has 0 fully saturated rings. The van der Waals surface area contributed by atoms with Gasteiger partial charge >= 0.3 is 5.97 Å². The zero-order valence-electron chi connectivity index (χ0n) is 15.5. The fourth-order valence-electron chi connectivity index (χ4n) is 2.86. The zero-order valence-corrected chi connectivity index (χ0v) is 17.1. The molecule has 0 spiro atoms. The molecule has 3 rings (SSSR count). The van der Waals surface area contributed by atoms with Gasteiger partial charge in [0.1, 0.15) is 5.58 Å². The minimum absolute atomic E-state index is 0.0816. The number of carbonyl (C=O) groups excluding carboxylic acids is 1. The fourth-order valence-corrected chi connectivity index (χ4v) is 4.15. The molecule has 0 unspecified atom stereocenters. The molecule has 0 aliphatic carbocycles. The van der Waals surface area contributed by atoms with Gasteiger partial charge in [0, 0.05) is 22.5 Å². The quantitative estimate of drug-likeness (QED) is 0.580. The highest BCUT2D eigenvalue weighted by Gasteiger charge is 2.21. The zero-order chi connectivity index (χ0) is 20.3. The molecule has 148 valence electrons. The van der Waals surface area contributed by atoms with Crippen molar-refractivity contribution in [2.75, 3.05) is 13.2 Å². The molecule has 0 aliphatic rings. The van der Waals surface area contributed by atoms with Gasteiger partial charge < -0.3 is 9.15 Å². The Bertz CT molecular complexity index is 1120. The highest BCUT2D eigenvalue weighted by atomic mass is 35.5. The van der Waals surface area contributed by atoms with Gasteiger partial charge in [-0.1, -0.05) is 29.8 Å². The number of benzene rings is 2. The van der Waals surface area contributed by atoms with E-state index in [4.69, 9.17) is 20.8 Å². The Morgan fingerprint density at radius 2 is 1.96 bits per heavy atom. The number of hydrogen-bond acceptors (Lipinski definition) is 5. The second-order valence-electron chi connectivity index (χ2n) is 6.17. The van der Waals surface area contributed by atoms with Gasteiger partial charge in [0.05, 0.1) is 11.5 Å². The van der Waals surface area contributed by atoms with Crippen molar-refractivity contribution in [3.8, 4) is 0 Å². The standard InChI is InChI=1S/C20H20ClNO5S/c1-3-26-20(23)19-13(2)16-12-15(8-9-18(16)27-19)28(24,25)22-11-10-14-6-4-5-7-17(14)21/h4-9,12,22H,3,10-11H2,1-2H3. The summed E-state index contributed by atoms with van der Waals surface area (Å²) >= 11 is 6.10. The first-order chi connectivity index (χ1) is 13.3. The number of carbonyl (C=O) groups is 1. The van der Waals surface area contributed by atoms with E-state index >= 15 is 0 Å². The highest BCUT2D eigenvalue weighted by Crippen LogP contribution is 2.28. The van der Waals surface area contributed by atoms with Gasteiger partial charge in [-0.2, -0.15) is 0 Å². The van der Waals surface area contributed by atoms with Crippen LogP contribution in [0.15, 0.2) is 51.8 Å². The maximum Gasteiger partial charge on any atom is 0.374 e. The molecule has 0 radical (unpaired) electrons. The maximum absolute atomic E-state index is 12.6. The van der Waals surface area contributed by atoms with Crippen molar-refractivity contribution in [1.82, 2.24) is 4.72 Å². The van der Waals surface area contributed by atoms with Crippen LogP contribution in [0.25, 0.3) is 11.0 Å². The number of halogens is 1. The highest BCUT2D eigenvalue weighted by molar-refractivity contribution is 7.89.